The molecule has 2 aromatic rings. The Morgan fingerprint density at radius 2 is 1.90 bits per heavy atom. The zero-order valence-electron chi connectivity index (χ0n) is 11.2. The smallest absolute Gasteiger partial charge is 0.270 e. The Balaban J connectivity index is 2.22. The minimum atomic E-state index is -0.569. The summed E-state index contributed by atoms with van der Waals surface area (Å²) in [6, 6.07) is 9.05. The van der Waals surface area contributed by atoms with E-state index in [-0.39, 0.29) is 28.9 Å². The number of nitro benzene ring substituents is 1. The first-order valence-electron chi connectivity index (χ1n) is 6.21. The van der Waals surface area contributed by atoms with Gasteiger partial charge in [-0.1, -0.05) is 23.9 Å². The van der Waals surface area contributed by atoms with Crippen molar-refractivity contribution in [2.24, 2.45) is 4.99 Å². The molecule has 0 aromatic heterocycles. The number of aliphatic imine (C=N–C) groups is 1. The Kier molecular flexibility index (Phi) is 4.27. The summed E-state index contributed by atoms with van der Waals surface area (Å²) >= 11 is 0. The van der Waals surface area contributed by atoms with Crippen molar-refractivity contribution < 1.29 is 14.4 Å². The van der Waals surface area contributed by atoms with Gasteiger partial charge in [0.15, 0.2) is 0 Å². The van der Waals surface area contributed by atoms with E-state index in [9.17, 15) is 19.6 Å². The van der Waals surface area contributed by atoms with Gasteiger partial charge in [-0.3, -0.25) is 15.1 Å². The molecule has 1 atom stereocenters. The molecule has 2 rings (SSSR count). The van der Waals surface area contributed by atoms with Crippen molar-refractivity contribution in [3.05, 3.63) is 69.5 Å². The Bertz CT molecular complexity index is 684. The summed E-state index contributed by atoms with van der Waals surface area (Å²) in [7, 11) is 0. The topological polar surface area (TPSA) is 78.6 Å². The number of hydrogen-bond acceptors (Lipinski definition) is 4. The molecule has 0 N–H and O–H groups in total. The predicted octanol–water partition coefficient (Wildman–Crippen LogP) is 2.99. The second-order valence-electron chi connectivity index (χ2n) is 4.48. The maximum absolute atomic E-state index is 12.8. The largest absolute Gasteiger partial charge is 0.872 e. The van der Waals surface area contributed by atoms with E-state index in [1.54, 1.807) is 19.1 Å². The quantitative estimate of drug-likeness (QED) is 0.492. The minimum Gasteiger partial charge on any atom is -0.872 e. The zero-order valence-corrected chi connectivity index (χ0v) is 11.2. The molecule has 0 bridgehead atoms. The number of non-ortho nitro benzene ring substituents is 1. The maximum Gasteiger partial charge on any atom is 0.270 e. The molecular weight excluding hydrogens is 275 g/mol. The van der Waals surface area contributed by atoms with Crippen molar-refractivity contribution in [2.45, 2.75) is 13.0 Å². The second kappa shape index (κ2) is 6.13. The summed E-state index contributed by atoms with van der Waals surface area (Å²) < 4.78 is 12.8. The lowest BCUT2D eigenvalue weighted by Gasteiger charge is -2.10. The lowest BCUT2D eigenvalue weighted by atomic mass is 10.1. The van der Waals surface area contributed by atoms with Crippen LogP contribution in [0.3, 0.4) is 0 Å². The highest BCUT2D eigenvalue weighted by molar-refractivity contribution is 5.84. The summed E-state index contributed by atoms with van der Waals surface area (Å²) in [5.41, 5.74) is 0.772. The van der Waals surface area contributed by atoms with Gasteiger partial charge < -0.3 is 5.11 Å². The minimum absolute atomic E-state index is 0.151. The summed E-state index contributed by atoms with van der Waals surface area (Å²) in [5, 5.41) is 22.3. The Morgan fingerprint density at radius 3 is 2.52 bits per heavy atom. The van der Waals surface area contributed by atoms with E-state index in [2.05, 4.69) is 4.99 Å². The van der Waals surface area contributed by atoms with Gasteiger partial charge in [-0.15, -0.1) is 0 Å². The van der Waals surface area contributed by atoms with Crippen LogP contribution in [0.25, 0.3) is 0 Å². The third kappa shape index (κ3) is 3.62. The molecule has 5 nitrogen and oxygen atoms in total. The molecule has 0 aliphatic carbocycles. The normalized spacial score (nSPS) is 12.5. The first-order chi connectivity index (χ1) is 9.97. The molecule has 0 saturated carbocycles. The lowest BCUT2D eigenvalue weighted by Crippen LogP contribution is -1.99. The average molecular weight is 287 g/mol. The Labute approximate surface area is 120 Å². The lowest BCUT2D eigenvalue weighted by molar-refractivity contribution is -0.385. The van der Waals surface area contributed by atoms with Gasteiger partial charge in [0.25, 0.3) is 5.69 Å². The summed E-state index contributed by atoms with van der Waals surface area (Å²) in [4.78, 5) is 14.3. The van der Waals surface area contributed by atoms with Crippen LogP contribution in [0.15, 0.2) is 47.5 Å². The monoisotopic (exact) mass is 287 g/mol. The molecule has 108 valence electrons. The first-order valence-corrected chi connectivity index (χ1v) is 6.21. The third-order valence-corrected chi connectivity index (χ3v) is 2.99. The molecule has 0 spiro atoms. The number of nitrogens with zero attached hydrogens (tertiary/aromatic N) is 2. The summed E-state index contributed by atoms with van der Waals surface area (Å²) in [6.07, 6.45) is 1.31. The zero-order chi connectivity index (χ0) is 15.4. The number of rotatable bonds is 4. The molecule has 0 unspecified atom stereocenters. The molecule has 0 amide bonds. The van der Waals surface area contributed by atoms with Gasteiger partial charge in [0, 0.05) is 18.3 Å². The number of halogens is 1. The SMILES string of the molecule is C[C@H](N=Cc1cc([N+](=O)[O-])ccc1[O-])c1ccc(F)cc1. The fourth-order valence-corrected chi connectivity index (χ4v) is 1.77. The van der Waals surface area contributed by atoms with E-state index < -0.39 is 4.92 Å². The van der Waals surface area contributed by atoms with Gasteiger partial charge in [0.05, 0.1) is 11.0 Å². The van der Waals surface area contributed by atoms with E-state index in [4.69, 9.17) is 0 Å². The Morgan fingerprint density at radius 1 is 1.24 bits per heavy atom. The molecular formula is C15H12FN2O3-. The molecule has 0 radical (unpaired) electrons. The average Bonchev–Trinajstić information content (AvgIpc) is 2.46. The van der Waals surface area contributed by atoms with Crippen LogP contribution in [0, 0.1) is 15.9 Å². The molecule has 0 saturated heterocycles. The van der Waals surface area contributed by atoms with E-state index in [1.165, 1.54) is 24.4 Å². The van der Waals surface area contributed by atoms with Crippen molar-refractivity contribution in [3.63, 3.8) is 0 Å². The molecule has 2 aromatic carbocycles. The number of benzene rings is 2. The second-order valence-corrected chi connectivity index (χ2v) is 4.48. The Hall–Kier alpha value is -2.76. The number of hydrogen-bond donors (Lipinski definition) is 0. The van der Waals surface area contributed by atoms with Crippen molar-refractivity contribution in [1.29, 1.82) is 0 Å². The van der Waals surface area contributed by atoms with Crippen LogP contribution in [0.2, 0.25) is 0 Å². The summed E-state index contributed by atoms with van der Waals surface area (Å²) in [5.74, 6) is -0.675. The molecule has 21 heavy (non-hydrogen) atoms. The van der Waals surface area contributed by atoms with E-state index in [0.717, 1.165) is 17.7 Å². The van der Waals surface area contributed by atoms with Gasteiger partial charge in [-0.05, 0) is 30.2 Å². The molecule has 6 heteroatoms. The third-order valence-electron chi connectivity index (χ3n) is 2.99. The van der Waals surface area contributed by atoms with Crippen LogP contribution in [0.1, 0.15) is 24.1 Å². The van der Waals surface area contributed by atoms with Gasteiger partial charge in [0.2, 0.25) is 0 Å². The van der Waals surface area contributed by atoms with Gasteiger partial charge >= 0.3 is 0 Å². The van der Waals surface area contributed by atoms with Crippen LogP contribution in [-0.2, 0) is 0 Å². The maximum atomic E-state index is 12.8. The molecule has 0 aliphatic heterocycles. The van der Waals surface area contributed by atoms with Crippen LogP contribution >= 0.6 is 0 Å². The predicted molar refractivity (Wildman–Crippen MR) is 75.0 cm³/mol. The van der Waals surface area contributed by atoms with Gasteiger partial charge in [-0.25, -0.2) is 4.39 Å². The highest BCUT2D eigenvalue weighted by Gasteiger charge is 2.06. The first kappa shape index (κ1) is 14.6. The van der Waals surface area contributed by atoms with Crippen molar-refractivity contribution in [3.8, 4) is 5.75 Å². The highest BCUT2D eigenvalue weighted by atomic mass is 19.1. The van der Waals surface area contributed by atoms with Crippen molar-refractivity contribution in [2.75, 3.05) is 0 Å². The summed E-state index contributed by atoms with van der Waals surface area (Å²) in [6.45, 7) is 1.78. The standard InChI is InChI=1S/C15H13FN2O3/c1-10(11-2-4-13(16)5-3-11)17-9-12-8-14(18(20)21)6-7-15(12)19/h2-10,19H,1H3/p-1/t10-/m0/s1. The van der Waals surface area contributed by atoms with Crippen LogP contribution < -0.4 is 5.11 Å². The van der Waals surface area contributed by atoms with Crippen molar-refractivity contribution in [1.82, 2.24) is 0 Å². The van der Waals surface area contributed by atoms with Gasteiger partial charge in [0.1, 0.15) is 5.82 Å². The van der Waals surface area contributed by atoms with Crippen LogP contribution in [0.5, 0.6) is 5.75 Å². The van der Waals surface area contributed by atoms with Crippen LogP contribution in [-0.4, -0.2) is 11.1 Å². The van der Waals surface area contributed by atoms with E-state index in [0.29, 0.717) is 0 Å². The fourth-order valence-electron chi connectivity index (χ4n) is 1.77. The number of nitro groups is 1. The van der Waals surface area contributed by atoms with Crippen LogP contribution in [0.4, 0.5) is 10.1 Å². The fraction of sp³-hybridized carbons (Fsp3) is 0.133. The molecule has 0 fully saturated rings. The van der Waals surface area contributed by atoms with Gasteiger partial charge in [-0.2, -0.15) is 0 Å². The van der Waals surface area contributed by atoms with E-state index >= 15 is 0 Å². The molecule has 0 heterocycles. The van der Waals surface area contributed by atoms with E-state index in [1.807, 2.05) is 0 Å². The molecule has 0 aliphatic rings. The van der Waals surface area contributed by atoms with Crippen molar-refractivity contribution >= 4 is 11.9 Å². The highest BCUT2D eigenvalue weighted by Crippen LogP contribution is 2.21.